The maximum Gasteiger partial charge on any atom is 0.416 e. The highest BCUT2D eigenvalue weighted by Gasteiger charge is 2.30. The largest absolute Gasteiger partial charge is 0.457 e. The second-order valence-corrected chi connectivity index (χ2v) is 8.47. The summed E-state index contributed by atoms with van der Waals surface area (Å²) in [6, 6.07) is 24.8. The van der Waals surface area contributed by atoms with Crippen LogP contribution in [0, 0.1) is 0 Å². The molecule has 174 valence electrons. The lowest BCUT2D eigenvalue weighted by Crippen LogP contribution is -2.14. The van der Waals surface area contributed by atoms with Crippen molar-refractivity contribution < 1.29 is 22.7 Å². The molecule has 1 heterocycles. The molecule has 4 aromatic carbocycles. The van der Waals surface area contributed by atoms with Crippen LogP contribution in [0.3, 0.4) is 0 Å². The van der Waals surface area contributed by atoms with Crippen molar-refractivity contribution in [2.75, 3.05) is 4.90 Å². The number of carbonyl (C=O) groups excluding carboxylic acids is 1. The molecule has 5 rings (SSSR count). The third-order valence-electron chi connectivity index (χ3n) is 5.23. The van der Waals surface area contributed by atoms with E-state index in [1.807, 2.05) is 42.5 Å². The first-order chi connectivity index (χ1) is 16.9. The molecule has 0 N–H and O–H groups in total. The van der Waals surface area contributed by atoms with Crippen LogP contribution in [0.5, 0.6) is 11.5 Å². The van der Waals surface area contributed by atoms with Crippen molar-refractivity contribution in [2.24, 2.45) is 0 Å². The van der Waals surface area contributed by atoms with Gasteiger partial charge in [-0.25, -0.2) is 0 Å². The third-order valence-corrected chi connectivity index (χ3v) is 6.20. The minimum absolute atomic E-state index is 0.0676. The molecular weight excluding hydrogens is 475 g/mol. The van der Waals surface area contributed by atoms with Crippen LogP contribution in [0.1, 0.15) is 5.56 Å². The SMILES string of the molecule is O=CN(c1nnc(-c2cccc(Oc3cccc(C(F)(F)F)c3)c2)s1)c1cccc2ccccc12. The van der Waals surface area contributed by atoms with Crippen molar-refractivity contribution in [3.8, 4) is 22.1 Å². The highest BCUT2D eigenvalue weighted by molar-refractivity contribution is 7.18. The van der Waals surface area contributed by atoms with E-state index in [0.29, 0.717) is 33.5 Å². The molecule has 0 bridgehead atoms. The van der Waals surface area contributed by atoms with Gasteiger partial charge in [0.05, 0.1) is 11.3 Å². The van der Waals surface area contributed by atoms with Gasteiger partial charge in [0.25, 0.3) is 0 Å². The maximum absolute atomic E-state index is 13.0. The molecule has 1 amide bonds. The fourth-order valence-electron chi connectivity index (χ4n) is 3.62. The zero-order valence-electron chi connectivity index (χ0n) is 17.9. The molecule has 5 aromatic rings. The van der Waals surface area contributed by atoms with Gasteiger partial charge in [0, 0.05) is 10.9 Å². The summed E-state index contributed by atoms with van der Waals surface area (Å²) in [5, 5.41) is 11.2. The maximum atomic E-state index is 13.0. The number of ether oxygens (including phenoxy) is 1. The normalized spacial score (nSPS) is 11.4. The fraction of sp³-hybridized carbons (Fsp3) is 0.0385. The van der Waals surface area contributed by atoms with Crippen molar-refractivity contribution in [2.45, 2.75) is 6.18 Å². The minimum atomic E-state index is -4.46. The number of rotatable bonds is 6. The number of nitrogens with zero attached hydrogens (tertiary/aromatic N) is 3. The third kappa shape index (κ3) is 4.71. The molecule has 0 aliphatic heterocycles. The summed E-state index contributed by atoms with van der Waals surface area (Å²) >= 11 is 1.21. The standard InChI is InChI=1S/C26H16F3N3O2S/c27-26(28,29)19-9-5-11-21(15-19)34-20-10-3-8-18(14-20)24-30-31-25(35-24)32(16-33)23-13-4-7-17-6-1-2-12-22(17)23/h1-16H. The van der Waals surface area contributed by atoms with Crippen LogP contribution in [-0.4, -0.2) is 16.6 Å². The summed E-state index contributed by atoms with van der Waals surface area (Å²) < 4.78 is 44.7. The van der Waals surface area contributed by atoms with Crippen LogP contribution in [0.4, 0.5) is 24.0 Å². The number of fused-ring (bicyclic) bond motifs is 1. The Labute approximate surface area is 202 Å². The van der Waals surface area contributed by atoms with Crippen LogP contribution in [0.15, 0.2) is 91.0 Å². The number of hydrogen-bond donors (Lipinski definition) is 0. The van der Waals surface area contributed by atoms with Crippen molar-refractivity contribution in [3.63, 3.8) is 0 Å². The monoisotopic (exact) mass is 491 g/mol. The van der Waals surface area contributed by atoms with Crippen LogP contribution in [0.25, 0.3) is 21.3 Å². The molecule has 0 atom stereocenters. The second-order valence-electron chi connectivity index (χ2n) is 7.52. The van der Waals surface area contributed by atoms with Crippen molar-refractivity contribution >= 4 is 39.3 Å². The number of aromatic nitrogens is 2. The molecule has 0 unspecified atom stereocenters. The number of halogens is 3. The second kappa shape index (κ2) is 9.19. The van der Waals surface area contributed by atoms with E-state index in [4.69, 9.17) is 4.74 Å². The van der Waals surface area contributed by atoms with Crippen LogP contribution in [0.2, 0.25) is 0 Å². The summed E-state index contributed by atoms with van der Waals surface area (Å²) in [7, 11) is 0. The van der Waals surface area contributed by atoms with Gasteiger partial charge in [-0.15, -0.1) is 10.2 Å². The van der Waals surface area contributed by atoms with Gasteiger partial charge in [-0.3, -0.25) is 9.69 Å². The molecule has 35 heavy (non-hydrogen) atoms. The topological polar surface area (TPSA) is 55.3 Å². The minimum Gasteiger partial charge on any atom is -0.457 e. The van der Waals surface area contributed by atoms with Gasteiger partial charge in [-0.05, 0) is 41.8 Å². The van der Waals surface area contributed by atoms with Crippen molar-refractivity contribution in [1.82, 2.24) is 10.2 Å². The molecule has 0 radical (unpaired) electrons. The first kappa shape index (κ1) is 22.5. The molecule has 9 heteroatoms. The smallest absolute Gasteiger partial charge is 0.416 e. The van der Waals surface area contributed by atoms with Gasteiger partial charge in [-0.2, -0.15) is 13.2 Å². The van der Waals surface area contributed by atoms with E-state index in [1.165, 1.54) is 28.4 Å². The Hall–Kier alpha value is -4.24. The average Bonchev–Trinajstić information content (AvgIpc) is 3.35. The summed E-state index contributed by atoms with van der Waals surface area (Å²) in [6.07, 6.45) is -3.77. The van der Waals surface area contributed by atoms with Gasteiger partial charge in [-0.1, -0.05) is 65.9 Å². The van der Waals surface area contributed by atoms with E-state index in [1.54, 1.807) is 24.3 Å². The Kier molecular flexibility index (Phi) is 5.92. The van der Waals surface area contributed by atoms with E-state index in [2.05, 4.69) is 10.2 Å². The van der Waals surface area contributed by atoms with E-state index in [9.17, 15) is 18.0 Å². The van der Waals surface area contributed by atoms with Gasteiger partial charge >= 0.3 is 6.18 Å². The fourth-order valence-corrected chi connectivity index (χ4v) is 4.44. The molecule has 0 aliphatic rings. The summed E-state index contributed by atoms with van der Waals surface area (Å²) in [5.41, 5.74) is 0.548. The van der Waals surface area contributed by atoms with Crippen molar-refractivity contribution in [1.29, 1.82) is 0 Å². The van der Waals surface area contributed by atoms with Gasteiger partial charge in [0.2, 0.25) is 11.5 Å². The molecular formula is C26H16F3N3O2S. The van der Waals surface area contributed by atoms with E-state index in [-0.39, 0.29) is 5.75 Å². The first-order valence-electron chi connectivity index (χ1n) is 10.4. The summed E-state index contributed by atoms with van der Waals surface area (Å²) in [4.78, 5) is 13.5. The molecule has 0 fully saturated rings. The zero-order valence-corrected chi connectivity index (χ0v) is 18.8. The molecule has 5 nitrogen and oxygen atoms in total. The zero-order chi connectivity index (χ0) is 24.4. The summed E-state index contributed by atoms with van der Waals surface area (Å²) in [6.45, 7) is 0. The summed E-state index contributed by atoms with van der Waals surface area (Å²) in [5.74, 6) is 0.415. The Balaban J connectivity index is 1.43. The van der Waals surface area contributed by atoms with Gasteiger partial charge in [0.15, 0.2) is 0 Å². The lowest BCUT2D eigenvalue weighted by molar-refractivity contribution is -0.137. The van der Waals surface area contributed by atoms with Crippen LogP contribution >= 0.6 is 11.3 Å². The number of hydrogen-bond acceptors (Lipinski definition) is 5. The van der Waals surface area contributed by atoms with Gasteiger partial charge in [0.1, 0.15) is 16.5 Å². The van der Waals surface area contributed by atoms with E-state index < -0.39 is 11.7 Å². The molecule has 0 saturated carbocycles. The first-order valence-corrected chi connectivity index (χ1v) is 11.3. The van der Waals surface area contributed by atoms with Gasteiger partial charge < -0.3 is 4.74 Å². The van der Waals surface area contributed by atoms with E-state index >= 15 is 0 Å². The predicted octanol–water partition coefficient (Wildman–Crippen LogP) is 7.46. The number of anilines is 2. The van der Waals surface area contributed by atoms with Crippen LogP contribution in [-0.2, 0) is 11.0 Å². The highest BCUT2D eigenvalue weighted by atomic mass is 32.1. The predicted molar refractivity (Wildman–Crippen MR) is 129 cm³/mol. The average molecular weight is 491 g/mol. The lowest BCUT2D eigenvalue weighted by atomic mass is 10.1. The molecule has 0 spiro atoms. The Morgan fingerprint density at radius 1 is 0.829 bits per heavy atom. The lowest BCUT2D eigenvalue weighted by Gasteiger charge is -2.15. The molecule has 1 aromatic heterocycles. The number of carbonyl (C=O) groups is 1. The van der Waals surface area contributed by atoms with Crippen molar-refractivity contribution in [3.05, 3.63) is 96.6 Å². The quantitative estimate of drug-likeness (QED) is 0.231. The Bertz CT molecular complexity index is 1510. The molecule has 0 aliphatic carbocycles. The number of alkyl halides is 3. The highest BCUT2D eigenvalue weighted by Crippen LogP contribution is 2.37. The Morgan fingerprint density at radius 2 is 1.54 bits per heavy atom. The van der Waals surface area contributed by atoms with Crippen LogP contribution < -0.4 is 9.64 Å². The molecule has 0 saturated heterocycles. The number of amides is 1. The number of benzene rings is 4. The van der Waals surface area contributed by atoms with E-state index in [0.717, 1.165) is 22.9 Å². The Morgan fingerprint density at radius 3 is 2.34 bits per heavy atom.